The molecule has 5 aromatic rings. The summed E-state index contributed by atoms with van der Waals surface area (Å²) in [5.74, 6) is 1.48. The highest BCUT2D eigenvalue weighted by molar-refractivity contribution is 5.94. The third-order valence-corrected chi connectivity index (χ3v) is 7.46. The maximum absolute atomic E-state index is 13.0. The van der Waals surface area contributed by atoms with Gasteiger partial charge in [0.1, 0.15) is 11.4 Å². The van der Waals surface area contributed by atoms with E-state index in [1.54, 1.807) is 6.20 Å². The minimum atomic E-state index is -0.621. The zero-order chi connectivity index (χ0) is 29.4. The van der Waals surface area contributed by atoms with E-state index in [9.17, 15) is 9.59 Å². The zero-order valence-corrected chi connectivity index (χ0v) is 24.3. The van der Waals surface area contributed by atoms with E-state index < -0.39 is 11.7 Å². The Morgan fingerprint density at radius 2 is 1.86 bits per heavy atom. The van der Waals surface area contributed by atoms with E-state index in [2.05, 4.69) is 15.3 Å². The number of ether oxygens (including phenoxy) is 1. The van der Waals surface area contributed by atoms with E-state index in [0.29, 0.717) is 23.6 Å². The number of likely N-dealkylation sites (N-methyl/N-ethyl adjacent to an activating group) is 1. The Kier molecular flexibility index (Phi) is 7.20. The Morgan fingerprint density at radius 3 is 2.64 bits per heavy atom. The molecule has 1 N–H and O–H groups in total. The predicted molar refractivity (Wildman–Crippen MR) is 164 cm³/mol. The average Bonchev–Trinajstić information content (AvgIpc) is 3.58. The lowest BCUT2D eigenvalue weighted by atomic mass is 10.0. The molecule has 1 aliphatic heterocycles. The van der Waals surface area contributed by atoms with E-state index in [0.717, 1.165) is 52.5 Å². The first-order valence-electron chi connectivity index (χ1n) is 14.2. The van der Waals surface area contributed by atoms with Gasteiger partial charge in [-0.2, -0.15) is 9.78 Å². The van der Waals surface area contributed by atoms with Crippen LogP contribution in [0.4, 0.5) is 16.3 Å². The molecule has 1 atom stereocenters. The number of rotatable bonds is 6. The molecule has 0 amide bonds. The number of anilines is 2. The van der Waals surface area contributed by atoms with Gasteiger partial charge in [0.25, 0.3) is 0 Å². The van der Waals surface area contributed by atoms with Crippen LogP contribution in [0.1, 0.15) is 39.2 Å². The van der Waals surface area contributed by atoms with E-state index in [-0.39, 0.29) is 11.8 Å². The highest BCUT2D eigenvalue weighted by atomic mass is 16.6. The minimum Gasteiger partial charge on any atom is -0.442 e. The maximum atomic E-state index is 13.0. The summed E-state index contributed by atoms with van der Waals surface area (Å²) in [6, 6.07) is 21.4. The lowest BCUT2D eigenvalue weighted by Crippen LogP contribution is -2.33. The summed E-state index contributed by atoms with van der Waals surface area (Å²) in [6.07, 6.45) is 3.49. The van der Waals surface area contributed by atoms with Crippen LogP contribution in [-0.4, -0.2) is 61.8 Å². The Labute approximate surface area is 244 Å². The second-order valence-corrected chi connectivity index (χ2v) is 11.8. The number of fused-ring (bicyclic) bond motifs is 2. The van der Waals surface area contributed by atoms with E-state index in [4.69, 9.17) is 14.7 Å². The van der Waals surface area contributed by atoms with Gasteiger partial charge in [-0.3, -0.25) is 9.69 Å². The van der Waals surface area contributed by atoms with Gasteiger partial charge in [-0.05, 0) is 89.2 Å². The molecule has 0 aliphatic carbocycles. The Bertz CT molecular complexity index is 1810. The number of carbonyl (C=O) groups is 2. The third-order valence-electron chi connectivity index (χ3n) is 7.46. The summed E-state index contributed by atoms with van der Waals surface area (Å²) in [4.78, 5) is 37.5. The van der Waals surface area contributed by atoms with Gasteiger partial charge in [0.05, 0.1) is 23.3 Å². The highest BCUT2D eigenvalue weighted by Crippen LogP contribution is 2.29. The quantitative estimate of drug-likeness (QED) is 0.254. The second-order valence-electron chi connectivity index (χ2n) is 11.8. The van der Waals surface area contributed by atoms with Crippen LogP contribution in [0.2, 0.25) is 0 Å². The number of hydrogen-bond acceptors (Lipinski definition) is 8. The van der Waals surface area contributed by atoms with Crippen LogP contribution in [0.3, 0.4) is 0 Å². The molecule has 1 fully saturated rings. The summed E-state index contributed by atoms with van der Waals surface area (Å²) in [7, 11) is 2.02. The largest absolute Gasteiger partial charge is 0.442 e. The molecular formula is C33H34N6O3. The van der Waals surface area contributed by atoms with Crippen LogP contribution in [0.5, 0.6) is 0 Å². The van der Waals surface area contributed by atoms with E-state index >= 15 is 0 Å². The molecule has 1 saturated heterocycles. The monoisotopic (exact) mass is 562 g/mol. The number of carbonyl (C=O) groups excluding carboxylic acids is 2. The minimum absolute atomic E-state index is 0.00467. The number of Topliss-reactive ketones (excluding diaryl/α,β-unsaturated/α-hetero) is 1. The molecule has 0 saturated carbocycles. The molecule has 0 unspecified atom stereocenters. The summed E-state index contributed by atoms with van der Waals surface area (Å²) < 4.78 is 6.76. The van der Waals surface area contributed by atoms with Crippen molar-refractivity contribution in [3.05, 3.63) is 78.5 Å². The average molecular weight is 563 g/mol. The maximum Gasteiger partial charge on any atom is 0.435 e. The molecule has 0 spiro atoms. The van der Waals surface area contributed by atoms with Crippen LogP contribution < -0.4 is 5.32 Å². The van der Waals surface area contributed by atoms with Gasteiger partial charge in [-0.1, -0.05) is 30.3 Å². The molecule has 2 aromatic heterocycles. The first-order valence-corrected chi connectivity index (χ1v) is 14.2. The van der Waals surface area contributed by atoms with Crippen molar-refractivity contribution in [2.45, 2.75) is 51.7 Å². The topological polar surface area (TPSA) is 102 Å². The van der Waals surface area contributed by atoms with Crippen molar-refractivity contribution in [2.75, 3.05) is 18.9 Å². The van der Waals surface area contributed by atoms with Crippen molar-refractivity contribution in [2.24, 2.45) is 0 Å². The number of nitrogens with zero attached hydrogens (tertiary/aromatic N) is 5. The molecule has 1 aliphatic rings. The molecule has 3 aromatic carbocycles. The van der Waals surface area contributed by atoms with Gasteiger partial charge in [-0.25, -0.2) is 14.8 Å². The predicted octanol–water partition coefficient (Wildman–Crippen LogP) is 6.38. The van der Waals surface area contributed by atoms with Crippen molar-refractivity contribution < 1.29 is 14.3 Å². The van der Waals surface area contributed by atoms with Crippen molar-refractivity contribution in [3.8, 4) is 11.4 Å². The van der Waals surface area contributed by atoms with Crippen molar-refractivity contribution in [1.29, 1.82) is 0 Å². The van der Waals surface area contributed by atoms with Crippen LogP contribution in [0, 0.1) is 0 Å². The van der Waals surface area contributed by atoms with Gasteiger partial charge in [0.15, 0.2) is 11.6 Å². The van der Waals surface area contributed by atoms with E-state index in [1.807, 2.05) is 94.5 Å². The number of para-hydroxylation sites is 1. The van der Waals surface area contributed by atoms with Crippen LogP contribution in [-0.2, 0) is 16.0 Å². The normalized spacial score (nSPS) is 15.8. The van der Waals surface area contributed by atoms with E-state index in [1.165, 1.54) is 4.68 Å². The Morgan fingerprint density at radius 1 is 1.02 bits per heavy atom. The second kappa shape index (κ2) is 11.0. The SMILES string of the molecule is CN1CCC[C@H]1C(=O)Cc1cccc(-c2nc(Nc3ccc4c(cnn4C(=O)OC(C)(C)C)c3)c3ccccc3n2)c1. The summed E-state index contributed by atoms with van der Waals surface area (Å²) in [5.41, 5.74) is 3.43. The lowest BCUT2D eigenvalue weighted by molar-refractivity contribution is -0.122. The standard InChI is InChI=1S/C33H34N6O3/c1-33(2,3)42-32(41)39-27-15-14-24(19-23(27)20-34-39)35-31-25-11-5-6-12-26(25)36-30(37-31)22-10-7-9-21(17-22)18-29(40)28-13-8-16-38(28)4/h5-7,9-12,14-15,17,19-20,28H,8,13,16,18H2,1-4H3,(H,35,36,37)/t28-/m0/s1. The number of ketones is 1. The van der Waals surface area contributed by atoms with Crippen LogP contribution in [0.15, 0.2) is 72.9 Å². The molecule has 214 valence electrons. The number of benzene rings is 3. The van der Waals surface area contributed by atoms with Gasteiger partial charge in [0, 0.05) is 28.4 Å². The molecule has 9 heteroatoms. The summed E-state index contributed by atoms with van der Waals surface area (Å²) in [6.45, 7) is 6.44. The third kappa shape index (κ3) is 5.73. The lowest BCUT2D eigenvalue weighted by Gasteiger charge is -2.19. The first-order chi connectivity index (χ1) is 20.1. The van der Waals surface area contributed by atoms with Gasteiger partial charge < -0.3 is 10.1 Å². The molecule has 3 heterocycles. The smallest absolute Gasteiger partial charge is 0.435 e. The number of nitrogens with one attached hydrogen (secondary N) is 1. The van der Waals surface area contributed by atoms with Gasteiger partial charge >= 0.3 is 6.09 Å². The molecule has 6 rings (SSSR count). The molecule has 0 radical (unpaired) electrons. The fourth-order valence-electron chi connectivity index (χ4n) is 5.46. The van der Waals surface area contributed by atoms with Crippen molar-refractivity contribution in [1.82, 2.24) is 24.6 Å². The Hall–Kier alpha value is -4.63. The Balaban J connectivity index is 1.30. The summed E-state index contributed by atoms with van der Waals surface area (Å²) >= 11 is 0. The zero-order valence-electron chi connectivity index (χ0n) is 24.3. The fraction of sp³-hybridized carbons (Fsp3) is 0.303. The van der Waals surface area contributed by atoms with Crippen LogP contribution in [0.25, 0.3) is 33.2 Å². The van der Waals surface area contributed by atoms with Crippen LogP contribution >= 0.6 is 0 Å². The summed E-state index contributed by atoms with van der Waals surface area (Å²) in [5, 5.41) is 9.37. The molecule has 9 nitrogen and oxygen atoms in total. The first kappa shape index (κ1) is 27.5. The van der Waals surface area contributed by atoms with Gasteiger partial charge in [-0.15, -0.1) is 0 Å². The van der Waals surface area contributed by atoms with Crippen molar-refractivity contribution >= 4 is 45.2 Å². The van der Waals surface area contributed by atoms with Crippen molar-refractivity contribution in [3.63, 3.8) is 0 Å². The van der Waals surface area contributed by atoms with Gasteiger partial charge in [0.2, 0.25) is 0 Å². The number of aromatic nitrogens is 4. The number of likely N-dealkylation sites (tertiary alicyclic amines) is 1. The number of hydrogen-bond donors (Lipinski definition) is 1. The fourth-order valence-corrected chi connectivity index (χ4v) is 5.46. The molecule has 0 bridgehead atoms. The molecule has 42 heavy (non-hydrogen) atoms. The molecular weight excluding hydrogens is 528 g/mol. The highest BCUT2D eigenvalue weighted by Gasteiger charge is 2.27.